The number of rotatable bonds is 5. The van der Waals surface area contributed by atoms with Crippen LogP contribution in [0.1, 0.15) is 44.5 Å². The zero-order chi connectivity index (χ0) is 24.9. The molecule has 0 fully saturated rings. The van der Waals surface area contributed by atoms with E-state index < -0.39 is 21.2 Å². The van der Waals surface area contributed by atoms with Gasteiger partial charge >= 0.3 is 219 Å². The molecule has 0 aliphatic heterocycles. The van der Waals surface area contributed by atoms with Crippen molar-refractivity contribution in [1.29, 1.82) is 0 Å². The Balaban J connectivity index is 1.73. The molecule has 4 aromatic carbocycles. The molecule has 0 heterocycles. The topological polar surface area (TPSA) is 0 Å². The molecule has 0 saturated heterocycles. The van der Waals surface area contributed by atoms with Crippen molar-refractivity contribution in [3.8, 4) is 0 Å². The Morgan fingerprint density at radius 1 is 0.500 bits per heavy atom. The maximum absolute atomic E-state index is 3.65. The molecule has 0 N–H and O–H groups in total. The van der Waals surface area contributed by atoms with Crippen molar-refractivity contribution in [3.05, 3.63) is 143 Å². The fraction of sp³-hybridized carbons (Fsp3) is 0.176. The Morgan fingerprint density at radius 2 is 0.861 bits per heavy atom. The number of allylic oxidation sites excluding steroid dienone is 2. The summed E-state index contributed by atoms with van der Waals surface area (Å²) in [6.07, 6.45) is 4.99. The summed E-state index contributed by atoms with van der Waals surface area (Å²) in [7, 11) is 0. The molecule has 0 amide bonds. The molecule has 4 aromatic rings. The van der Waals surface area contributed by atoms with Gasteiger partial charge in [0.2, 0.25) is 0 Å². The maximum atomic E-state index is 2.84. The molecule has 0 radical (unpaired) electrons. The van der Waals surface area contributed by atoms with E-state index in [1.807, 2.05) is 0 Å². The fourth-order valence-electron chi connectivity index (χ4n) is 8.41. The molecule has 36 heavy (non-hydrogen) atoms. The fourth-order valence-corrected chi connectivity index (χ4v) is 40.4. The summed E-state index contributed by atoms with van der Waals surface area (Å²) in [5.41, 5.74) is 9.14. The van der Waals surface area contributed by atoms with Crippen molar-refractivity contribution in [2.45, 2.75) is 32.7 Å². The Labute approximate surface area is 218 Å². The predicted molar refractivity (Wildman–Crippen MR) is 157 cm³/mol. The van der Waals surface area contributed by atoms with Gasteiger partial charge in [0.25, 0.3) is 0 Å². The first-order chi connectivity index (χ1) is 17.4. The third-order valence-electron chi connectivity index (χ3n) is 9.29. The number of hydrogen-bond donors (Lipinski definition) is 0. The number of fused-ring (bicyclic) bond motifs is 2. The van der Waals surface area contributed by atoms with Gasteiger partial charge in [0.15, 0.2) is 0 Å². The van der Waals surface area contributed by atoms with Crippen LogP contribution in [-0.4, -0.2) is 6.66 Å². The Morgan fingerprint density at radius 3 is 1.28 bits per heavy atom. The summed E-state index contributed by atoms with van der Waals surface area (Å²) in [4.78, 5) is 0. The first kappa shape index (κ1) is 23.7. The van der Waals surface area contributed by atoms with E-state index >= 15 is 0 Å². The molecule has 0 spiro atoms. The number of hydrogen-bond acceptors (Lipinski definition) is 0. The summed E-state index contributed by atoms with van der Waals surface area (Å²) in [6, 6.07) is 41.7. The van der Waals surface area contributed by atoms with E-state index in [0.717, 1.165) is 0 Å². The molecule has 2 aliphatic carbocycles. The molecule has 2 heteroatoms. The van der Waals surface area contributed by atoms with Gasteiger partial charge in [-0.2, -0.15) is 0 Å². The Kier molecular flexibility index (Phi) is 5.72. The van der Waals surface area contributed by atoms with Crippen LogP contribution in [-0.2, 0) is 14.6 Å². The standard InChI is InChI=1S/C12H11Si.2C10H9.2CH3.Ti/c1-3-7-11(8-4-1)13-12-9-5-2-6-10-12;2*1-8-6-9-4-2-3-5-10(9)7-8;;;/h1-10,13H;2*2-7H,1H3;2*1H3;. The van der Waals surface area contributed by atoms with E-state index in [0.29, 0.717) is 8.45 Å². The third kappa shape index (κ3) is 3.45. The second-order valence-electron chi connectivity index (χ2n) is 11.9. The van der Waals surface area contributed by atoms with Gasteiger partial charge in [-0.1, -0.05) is 0 Å². The van der Waals surface area contributed by atoms with Gasteiger partial charge in [-0.05, 0) is 0 Å². The average molecular weight is 520 g/mol. The minimum absolute atomic E-state index is 0.509. The van der Waals surface area contributed by atoms with E-state index in [2.05, 4.69) is 146 Å². The molecule has 0 saturated carbocycles. The van der Waals surface area contributed by atoms with Crippen LogP contribution < -0.4 is 10.4 Å². The first-order valence-electron chi connectivity index (χ1n) is 13.2. The Hall–Kier alpha value is -2.71. The molecule has 0 aromatic heterocycles. The van der Waals surface area contributed by atoms with Gasteiger partial charge in [0, 0.05) is 0 Å². The molecule has 0 bridgehead atoms. The van der Waals surface area contributed by atoms with Crippen LogP contribution >= 0.6 is 0 Å². The van der Waals surface area contributed by atoms with E-state index in [1.54, 1.807) is 32.6 Å². The van der Waals surface area contributed by atoms with Crippen molar-refractivity contribution in [2.75, 3.05) is 0 Å². The Bertz CT molecular complexity index is 1390. The second-order valence-corrected chi connectivity index (χ2v) is 34.6. The molecule has 2 atom stereocenters. The molecule has 0 nitrogen and oxygen atoms in total. The third-order valence-corrected chi connectivity index (χ3v) is 35.7. The van der Waals surface area contributed by atoms with Crippen LogP contribution in [0, 0.1) is 0 Å². The van der Waals surface area contributed by atoms with Crippen LogP contribution in [0.25, 0.3) is 12.2 Å². The SMILES string of the molecule is CC1=Cc2ccccc2[CH]1[Ti]([CH3])([CH3])([CH]1C(C)=Cc2ccccc21)[SiH](c1ccccc1)c1ccccc1. The molecular formula is C34H35SiTi. The van der Waals surface area contributed by atoms with Crippen molar-refractivity contribution in [2.24, 2.45) is 0 Å². The van der Waals surface area contributed by atoms with Crippen LogP contribution in [0.4, 0.5) is 0 Å². The normalized spacial score (nSPS) is 19.8. The van der Waals surface area contributed by atoms with Gasteiger partial charge in [-0.3, -0.25) is 0 Å². The zero-order valence-corrected chi connectivity index (χ0v) is 24.5. The van der Waals surface area contributed by atoms with Crippen molar-refractivity contribution >= 4 is 29.2 Å². The summed E-state index contributed by atoms with van der Waals surface area (Å²) in [5.74, 6) is 0. The van der Waals surface area contributed by atoms with Crippen molar-refractivity contribution in [3.63, 3.8) is 0 Å². The van der Waals surface area contributed by atoms with Crippen LogP contribution in [0.15, 0.2) is 120 Å². The van der Waals surface area contributed by atoms with Gasteiger partial charge in [0.1, 0.15) is 0 Å². The molecule has 6 rings (SSSR count). The van der Waals surface area contributed by atoms with Crippen molar-refractivity contribution < 1.29 is 14.6 Å². The predicted octanol–water partition coefficient (Wildman–Crippen LogP) is 7.63. The number of benzene rings is 4. The molecule has 179 valence electrons. The van der Waals surface area contributed by atoms with E-state index in [9.17, 15) is 0 Å². The molecule has 2 aliphatic rings. The van der Waals surface area contributed by atoms with E-state index in [4.69, 9.17) is 0 Å². The first-order valence-corrected chi connectivity index (χ1v) is 22.6. The van der Waals surface area contributed by atoms with Crippen LogP contribution in [0.5, 0.6) is 0 Å². The monoisotopic (exact) mass is 519 g/mol. The van der Waals surface area contributed by atoms with Gasteiger partial charge in [0.05, 0.1) is 0 Å². The van der Waals surface area contributed by atoms with Crippen LogP contribution in [0.3, 0.4) is 0 Å². The average Bonchev–Trinajstić information content (AvgIpc) is 3.42. The van der Waals surface area contributed by atoms with Crippen molar-refractivity contribution in [1.82, 2.24) is 0 Å². The second kappa shape index (κ2) is 8.70. The molecule has 2 unspecified atom stereocenters. The quantitative estimate of drug-likeness (QED) is 0.238. The van der Waals surface area contributed by atoms with Gasteiger partial charge in [-0.25, -0.2) is 0 Å². The minimum atomic E-state index is -3.65. The van der Waals surface area contributed by atoms with E-state index in [1.165, 1.54) is 11.1 Å². The summed E-state index contributed by atoms with van der Waals surface area (Å²) in [6.45, 7) is 3.15. The van der Waals surface area contributed by atoms with Crippen LogP contribution in [0.2, 0.25) is 10.5 Å². The zero-order valence-electron chi connectivity index (χ0n) is 21.8. The summed E-state index contributed by atoms with van der Waals surface area (Å²) in [5, 5.41) is 8.87. The summed E-state index contributed by atoms with van der Waals surface area (Å²) >= 11 is -3.65. The molecular weight excluding hydrogens is 484 g/mol. The van der Waals surface area contributed by atoms with E-state index in [-0.39, 0.29) is 0 Å². The summed E-state index contributed by atoms with van der Waals surface area (Å²) < 4.78 is 1.02. The van der Waals surface area contributed by atoms with Gasteiger partial charge in [-0.15, -0.1) is 0 Å². The van der Waals surface area contributed by atoms with Gasteiger partial charge < -0.3 is 0 Å².